The molecule has 0 aromatic heterocycles. The summed E-state index contributed by atoms with van der Waals surface area (Å²) in [7, 11) is 0. The standard InChI is InChI=1S/C11H10O2S3/c12-11(13)10(15)9(6-14)16-7-8-4-2-1-3-5-8/h1-5,10,15H,7H2,(H,12,13). The molecule has 1 rings (SSSR count). The Morgan fingerprint density at radius 2 is 2.12 bits per heavy atom. The number of thiocarbonyl (C=S) groups is 1. The Hall–Kier alpha value is -0.740. The molecule has 0 aliphatic rings. The first-order valence-electron chi connectivity index (χ1n) is 4.47. The quantitative estimate of drug-likeness (QED) is 0.637. The van der Waals surface area contributed by atoms with Gasteiger partial charge >= 0.3 is 5.97 Å². The zero-order valence-electron chi connectivity index (χ0n) is 8.29. The van der Waals surface area contributed by atoms with Crippen LogP contribution in [-0.4, -0.2) is 21.3 Å². The van der Waals surface area contributed by atoms with E-state index in [9.17, 15) is 4.79 Å². The van der Waals surface area contributed by atoms with Gasteiger partial charge in [-0.15, -0.1) is 11.8 Å². The minimum Gasteiger partial charge on any atom is -0.480 e. The van der Waals surface area contributed by atoms with E-state index >= 15 is 0 Å². The number of carboxylic acid groups (broad SMARTS) is 1. The number of hydrogen-bond donors (Lipinski definition) is 2. The van der Waals surface area contributed by atoms with Crippen LogP contribution in [0.5, 0.6) is 0 Å². The van der Waals surface area contributed by atoms with Gasteiger partial charge in [0.25, 0.3) is 0 Å². The summed E-state index contributed by atoms with van der Waals surface area (Å²) in [5, 5.41) is 10.4. The fourth-order valence-corrected chi connectivity index (χ4v) is 2.51. The largest absolute Gasteiger partial charge is 0.480 e. The van der Waals surface area contributed by atoms with Gasteiger partial charge in [0.1, 0.15) is 5.25 Å². The molecule has 1 aromatic rings. The molecule has 0 aliphatic carbocycles. The summed E-state index contributed by atoms with van der Waals surface area (Å²) >= 11 is 9.98. The fourth-order valence-electron chi connectivity index (χ4n) is 1.01. The topological polar surface area (TPSA) is 37.3 Å². The molecule has 0 saturated heterocycles. The van der Waals surface area contributed by atoms with Gasteiger partial charge < -0.3 is 5.11 Å². The van der Waals surface area contributed by atoms with Gasteiger partial charge in [0.05, 0.1) is 4.91 Å². The number of carboxylic acids is 1. The Morgan fingerprint density at radius 3 is 2.62 bits per heavy atom. The van der Waals surface area contributed by atoms with Gasteiger partial charge in [-0.2, -0.15) is 12.6 Å². The second-order valence-corrected chi connectivity index (χ2v) is 4.72. The van der Waals surface area contributed by atoms with E-state index in [4.69, 9.17) is 5.11 Å². The van der Waals surface area contributed by atoms with E-state index in [1.807, 2.05) is 30.3 Å². The van der Waals surface area contributed by atoms with E-state index in [1.54, 1.807) is 0 Å². The Morgan fingerprint density at radius 1 is 1.50 bits per heavy atom. The van der Waals surface area contributed by atoms with Crippen molar-refractivity contribution in [3.05, 3.63) is 40.8 Å². The van der Waals surface area contributed by atoms with Crippen molar-refractivity contribution in [2.24, 2.45) is 0 Å². The van der Waals surface area contributed by atoms with Gasteiger partial charge in [0.15, 0.2) is 0 Å². The molecule has 2 nitrogen and oxygen atoms in total. The highest BCUT2D eigenvalue weighted by Crippen LogP contribution is 2.25. The minimum absolute atomic E-state index is 0.467. The first kappa shape index (κ1) is 13.3. The van der Waals surface area contributed by atoms with Gasteiger partial charge in [-0.1, -0.05) is 30.3 Å². The van der Waals surface area contributed by atoms with Crippen LogP contribution in [0.3, 0.4) is 0 Å². The zero-order valence-corrected chi connectivity index (χ0v) is 10.8. The molecule has 0 radical (unpaired) electrons. The lowest BCUT2D eigenvalue weighted by Gasteiger charge is -2.07. The van der Waals surface area contributed by atoms with E-state index in [0.717, 1.165) is 5.56 Å². The normalized spacial score (nSPS) is 11.6. The summed E-state index contributed by atoms with van der Waals surface area (Å²) < 4.78 is 0. The third kappa shape index (κ3) is 4.02. The summed E-state index contributed by atoms with van der Waals surface area (Å²) in [5.41, 5.74) is 1.11. The van der Waals surface area contributed by atoms with Crippen LogP contribution in [0.25, 0.3) is 0 Å². The smallest absolute Gasteiger partial charge is 0.322 e. The maximum absolute atomic E-state index is 10.7. The van der Waals surface area contributed by atoms with Crippen LogP contribution in [-0.2, 0) is 10.5 Å². The van der Waals surface area contributed by atoms with Gasteiger partial charge in [0, 0.05) is 5.75 Å². The molecule has 0 amide bonds. The third-order valence-corrected chi connectivity index (χ3v) is 3.95. The Bertz CT molecular complexity index is 410. The summed E-state index contributed by atoms with van der Waals surface area (Å²) in [6.07, 6.45) is 0. The van der Waals surface area contributed by atoms with E-state index in [0.29, 0.717) is 10.7 Å². The van der Waals surface area contributed by atoms with E-state index in [2.05, 4.69) is 29.9 Å². The molecule has 0 aliphatic heterocycles. The van der Waals surface area contributed by atoms with Crippen molar-refractivity contribution in [3.63, 3.8) is 0 Å². The molecule has 1 aromatic carbocycles. The average Bonchev–Trinajstić information content (AvgIpc) is 2.30. The molecule has 5 heteroatoms. The molecule has 1 atom stereocenters. The first-order valence-corrected chi connectivity index (χ1v) is 6.38. The third-order valence-electron chi connectivity index (χ3n) is 1.82. The van der Waals surface area contributed by atoms with E-state index in [-0.39, 0.29) is 0 Å². The second kappa shape index (κ2) is 6.76. The van der Waals surface area contributed by atoms with Crippen LogP contribution >= 0.6 is 36.6 Å². The predicted molar refractivity (Wildman–Crippen MR) is 74.3 cm³/mol. The Labute approximate surface area is 109 Å². The molecule has 84 valence electrons. The minimum atomic E-state index is -1.00. The predicted octanol–water partition coefficient (Wildman–Crippen LogP) is 2.79. The van der Waals surface area contributed by atoms with Crippen LogP contribution in [0.1, 0.15) is 5.56 Å². The molecular formula is C11H10O2S3. The molecule has 1 unspecified atom stereocenters. The first-order chi connectivity index (χ1) is 7.65. The SMILES string of the molecule is O=C(O)C(S)C(=C=S)SCc1ccccc1. The Kier molecular flexibility index (Phi) is 5.63. The van der Waals surface area contributed by atoms with Crippen molar-refractivity contribution in [2.75, 3.05) is 0 Å². The van der Waals surface area contributed by atoms with Crippen LogP contribution in [0, 0.1) is 0 Å². The van der Waals surface area contributed by atoms with Gasteiger partial charge in [-0.25, -0.2) is 0 Å². The molecule has 0 fully saturated rings. The van der Waals surface area contributed by atoms with Gasteiger partial charge in [-0.05, 0) is 22.8 Å². The summed E-state index contributed by atoms with van der Waals surface area (Å²) in [6, 6.07) is 9.76. The van der Waals surface area contributed by atoms with Gasteiger partial charge in [0.2, 0.25) is 0 Å². The molecule has 0 bridgehead atoms. The molecule has 0 heterocycles. The molecule has 16 heavy (non-hydrogen) atoms. The average molecular weight is 270 g/mol. The zero-order chi connectivity index (χ0) is 12.0. The second-order valence-electron chi connectivity index (χ2n) is 2.98. The molecule has 1 N–H and O–H groups in total. The van der Waals surface area contributed by atoms with Crippen molar-refractivity contribution in [1.29, 1.82) is 0 Å². The van der Waals surface area contributed by atoms with E-state index in [1.165, 1.54) is 11.8 Å². The fraction of sp³-hybridized carbons (Fsp3) is 0.182. The Balaban J connectivity index is 2.60. The van der Waals surface area contributed by atoms with Crippen molar-refractivity contribution >= 4 is 47.6 Å². The monoisotopic (exact) mass is 270 g/mol. The molecular weight excluding hydrogens is 260 g/mol. The van der Waals surface area contributed by atoms with Crippen LogP contribution in [0.15, 0.2) is 35.2 Å². The summed E-state index contributed by atoms with van der Waals surface area (Å²) in [5.74, 6) is -0.333. The number of hydrogen-bond acceptors (Lipinski definition) is 4. The van der Waals surface area contributed by atoms with Crippen molar-refractivity contribution < 1.29 is 9.90 Å². The van der Waals surface area contributed by atoms with E-state index < -0.39 is 11.2 Å². The highest BCUT2D eigenvalue weighted by Gasteiger charge is 2.18. The molecule has 0 saturated carbocycles. The number of carbonyl (C=O) groups is 1. The number of aliphatic carboxylic acids is 1. The van der Waals surface area contributed by atoms with Crippen molar-refractivity contribution in [2.45, 2.75) is 11.0 Å². The lowest BCUT2D eigenvalue weighted by molar-refractivity contribution is -0.135. The number of thiol groups is 1. The van der Waals surface area contributed by atoms with Crippen molar-refractivity contribution in [1.82, 2.24) is 0 Å². The number of benzene rings is 1. The summed E-state index contributed by atoms with van der Waals surface area (Å²) in [6.45, 7) is 0. The highest BCUT2D eigenvalue weighted by atomic mass is 32.2. The van der Waals surface area contributed by atoms with Gasteiger partial charge in [-0.3, -0.25) is 4.79 Å². The summed E-state index contributed by atoms with van der Waals surface area (Å²) in [4.78, 5) is 11.2. The molecule has 0 spiro atoms. The lowest BCUT2D eigenvalue weighted by atomic mass is 10.2. The lowest BCUT2D eigenvalue weighted by Crippen LogP contribution is -2.14. The maximum Gasteiger partial charge on any atom is 0.322 e. The number of rotatable bonds is 5. The van der Waals surface area contributed by atoms with Crippen LogP contribution in [0.4, 0.5) is 0 Å². The van der Waals surface area contributed by atoms with Crippen LogP contribution in [0.2, 0.25) is 0 Å². The van der Waals surface area contributed by atoms with Crippen molar-refractivity contribution in [3.8, 4) is 0 Å². The van der Waals surface area contributed by atoms with Crippen LogP contribution < -0.4 is 0 Å². The highest BCUT2D eigenvalue weighted by molar-refractivity contribution is 8.04. The maximum atomic E-state index is 10.7. The number of thioether (sulfide) groups is 1.